The SMILES string of the molecule is CC(C)CCC[C@@H](C)[C@H]1CCC2C3CC=C4CC(OCCCCCCC(N)[C@H]5O[C@H](S)[C@@H](O)[C@@H](O)[C@@H]5O)CC[C@]4(C)C3CC[C@@]21C. The maximum absolute atomic E-state index is 10.3. The molecule has 46 heavy (non-hydrogen) atoms. The van der Waals surface area contributed by atoms with Crippen molar-refractivity contribution in [2.75, 3.05) is 6.61 Å². The third-order valence-corrected chi connectivity index (χ3v) is 14.5. The lowest BCUT2D eigenvalue weighted by molar-refractivity contribution is -0.202. The summed E-state index contributed by atoms with van der Waals surface area (Å²) < 4.78 is 12.1. The van der Waals surface area contributed by atoms with Crippen LogP contribution in [0.4, 0.5) is 0 Å². The van der Waals surface area contributed by atoms with E-state index in [0.29, 0.717) is 23.4 Å². The summed E-state index contributed by atoms with van der Waals surface area (Å²) in [6, 6.07) is -0.404. The number of hydrogen-bond acceptors (Lipinski definition) is 7. The van der Waals surface area contributed by atoms with Gasteiger partial charge in [-0.2, -0.15) is 0 Å². The van der Waals surface area contributed by atoms with Crippen LogP contribution in [0.1, 0.15) is 137 Å². The number of nitrogens with two attached hydrogens (primary N) is 1. The predicted octanol–water partition coefficient (Wildman–Crippen LogP) is 7.43. The largest absolute Gasteiger partial charge is 0.388 e. The summed E-state index contributed by atoms with van der Waals surface area (Å²) in [6.07, 6.45) is 18.4. The lowest BCUT2D eigenvalue weighted by Gasteiger charge is -2.58. The van der Waals surface area contributed by atoms with Gasteiger partial charge in [-0.1, -0.05) is 84.8 Å². The molecule has 14 atom stereocenters. The molecule has 0 aromatic heterocycles. The van der Waals surface area contributed by atoms with Gasteiger partial charge < -0.3 is 30.5 Å². The first-order valence-corrected chi connectivity index (χ1v) is 19.8. The Morgan fingerprint density at radius 2 is 1.65 bits per heavy atom. The fourth-order valence-corrected chi connectivity index (χ4v) is 11.6. The molecule has 5 N–H and O–H groups in total. The van der Waals surface area contributed by atoms with Crippen molar-refractivity contribution in [1.82, 2.24) is 0 Å². The molecular weight excluding hydrogens is 594 g/mol. The Kier molecular flexibility index (Phi) is 12.8. The molecule has 6 nitrogen and oxygen atoms in total. The van der Waals surface area contributed by atoms with Gasteiger partial charge in [-0.3, -0.25) is 0 Å². The van der Waals surface area contributed by atoms with Gasteiger partial charge in [0.05, 0.1) is 6.10 Å². The molecule has 0 aromatic carbocycles. The Labute approximate surface area is 286 Å². The van der Waals surface area contributed by atoms with Crippen LogP contribution >= 0.6 is 12.6 Å². The van der Waals surface area contributed by atoms with Crippen molar-refractivity contribution < 1.29 is 24.8 Å². The van der Waals surface area contributed by atoms with Crippen molar-refractivity contribution in [2.24, 2.45) is 52.1 Å². The summed E-state index contributed by atoms with van der Waals surface area (Å²) in [6.45, 7) is 13.5. The van der Waals surface area contributed by atoms with Crippen LogP contribution in [0.2, 0.25) is 0 Å². The van der Waals surface area contributed by atoms with E-state index >= 15 is 0 Å². The molecule has 1 aliphatic heterocycles. The van der Waals surface area contributed by atoms with E-state index in [1.165, 1.54) is 64.2 Å². The molecule has 0 bridgehead atoms. The van der Waals surface area contributed by atoms with Gasteiger partial charge in [0, 0.05) is 12.6 Å². The highest BCUT2D eigenvalue weighted by Gasteiger charge is 2.59. The molecule has 4 fully saturated rings. The van der Waals surface area contributed by atoms with Crippen LogP contribution in [0.5, 0.6) is 0 Å². The molecule has 5 unspecified atom stereocenters. The maximum Gasteiger partial charge on any atom is 0.129 e. The van der Waals surface area contributed by atoms with E-state index in [9.17, 15) is 15.3 Å². The monoisotopic (exact) mass is 663 g/mol. The molecule has 266 valence electrons. The molecule has 7 heteroatoms. The molecule has 0 aromatic rings. The summed E-state index contributed by atoms with van der Waals surface area (Å²) in [4.78, 5) is 0. The highest BCUT2D eigenvalue weighted by molar-refractivity contribution is 7.80. The third-order valence-electron chi connectivity index (χ3n) is 14.1. The van der Waals surface area contributed by atoms with Crippen LogP contribution in [0.15, 0.2) is 11.6 Å². The lowest BCUT2D eigenvalue weighted by Crippen LogP contribution is -2.60. The Bertz CT molecular complexity index is 1010. The Balaban J connectivity index is 1.03. The Morgan fingerprint density at radius 1 is 0.891 bits per heavy atom. The van der Waals surface area contributed by atoms with E-state index in [-0.39, 0.29) is 0 Å². The van der Waals surface area contributed by atoms with Gasteiger partial charge in [-0.15, -0.1) is 12.6 Å². The molecule has 5 rings (SSSR count). The summed E-state index contributed by atoms with van der Waals surface area (Å²) in [5.74, 6) is 5.29. The summed E-state index contributed by atoms with van der Waals surface area (Å²) in [5, 5.41) is 30.2. The van der Waals surface area contributed by atoms with Crippen molar-refractivity contribution >= 4 is 12.6 Å². The van der Waals surface area contributed by atoms with Crippen molar-refractivity contribution in [3.63, 3.8) is 0 Å². The first-order valence-electron chi connectivity index (χ1n) is 19.3. The van der Waals surface area contributed by atoms with Gasteiger partial charge in [0.25, 0.3) is 0 Å². The number of thiol groups is 1. The first kappa shape index (κ1) is 37.1. The van der Waals surface area contributed by atoms with E-state index in [1.54, 1.807) is 5.57 Å². The second-order valence-electron chi connectivity index (χ2n) is 17.4. The molecule has 5 aliphatic rings. The zero-order valence-electron chi connectivity index (χ0n) is 29.8. The number of unbranched alkanes of at least 4 members (excludes halogenated alkanes) is 3. The highest BCUT2D eigenvalue weighted by Crippen LogP contribution is 2.67. The number of fused-ring (bicyclic) bond motifs is 5. The zero-order valence-corrected chi connectivity index (χ0v) is 30.7. The summed E-state index contributed by atoms with van der Waals surface area (Å²) in [5.41, 5.74) is 8.09. The predicted molar refractivity (Wildman–Crippen MR) is 190 cm³/mol. The third kappa shape index (κ3) is 7.76. The molecule has 4 aliphatic carbocycles. The minimum absolute atomic E-state index is 0.363. The Hall–Kier alpha value is -0.150. The van der Waals surface area contributed by atoms with E-state index in [4.69, 9.17) is 15.2 Å². The van der Waals surface area contributed by atoms with Crippen LogP contribution in [0.25, 0.3) is 0 Å². The Morgan fingerprint density at radius 3 is 2.41 bits per heavy atom. The highest BCUT2D eigenvalue weighted by atomic mass is 32.1. The second kappa shape index (κ2) is 15.8. The van der Waals surface area contributed by atoms with Gasteiger partial charge in [-0.05, 0) is 111 Å². The second-order valence-corrected chi connectivity index (χ2v) is 17.9. The van der Waals surface area contributed by atoms with Gasteiger partial charge in [0.2, 0.25) is 0 Å². The molecule has 1 saturated heterocycles. The normalized spacial score (nSPS) is 43.8. The van der Waals surface area contributed by atoms with E-state index < -0.39 is 35.9 Å². The van der Waals surface area contributed by atoms with E-state index in [0.717, 1.165) is 74.2 Å². The molecule has 1 heterocycles. The molecule has 0 amide bonds. The van der Waals surface area contributed by atoms with Gasteiger partial charge >= 0.3 is 0 Å². The zero-order chi connectivity index (χ0) is 33.2. The van der Waals surface area contributed by atoms with Crippen LogP contribution in [0.3, 0.4) is 0 Å². The van der Waals surface area contributed by atoms with Crippen LogP contribution in [0, 0.1) is 46.3 Å². The fourth-order valence-electron chi connectivity index (χ4n) is 11.3. The minimum atomic E-state index is -1.29. The van der Waals surface area contributed by atoms with Crippen molar-refractivity contribution in [3.05, 3.63) is 11.6 Å². The van der Waals surface area contributed by atoms with E-state index in [2.05, 4.69) is 53.3 Å². The van der Waals surface area contributed by atoms with E-state index in [1.807, 2.05) is 0 Å². The van der Waals surface area contributed by atoms with Crippen LogP contribution in [-0.4, -0.2) is 63.9 Å². The summed E-state index contributed by atoms with van der Waals surface area (Å²) in [7, 11) is 0. The average Bonchev–Trinajstić information content (AvgIpc) is 3.38. The maximum atomic E-state index is 10.3. The van der Waals surface area contributed by atoms with Crippen LogP contribution < -0.4 is 5.73 Å². The first-order chi connectivity index (χ1) is 21.9. The number of ether oxygens (including phenoxy) is 2. The van der Waals surface area contributed by atoms with Crippen molar-refractivity contribution in [1.29, 1.82) is 0 Å². The molecule has 0 radical (unpaired) electrons. The van der Waals surface area contributed by atoms with Gasteiger partial charge in [0.1, 0.15) is 29.9 Å². The number of aliphatic hydroxyl groups excluding tert-OH is 3. The van der Waals surface area contributed by atoms with Crippen LogP contribution in [-0.2, 0) is 9.47 Å². The molecule has 3 saturated carbocycles. The van der Waals surface area contributed by atoms with Crippen molar-refractivity contribution in [3.8, 4) is 0 Å². The standard InChI is InChI=1S/C39H69NO5S/c1-24(2)11-10-12-25(3)29-16-17-30-28-15-14-26-23-27(18-20-38(26,4)31(28)19-21-39(29,30)5)44-22-9-7-6-8-13-32(40)36-34(42)33(41)35(43)37(46)45-36/h14,24-25,27-37,41-43,46H,6-13,15-23,40H2,1-5H3/t25-,27?,28?,29-,30?,31?,32?,33+,34+,35+,36-,37-,38+,39-/m1/s1. The smallest absolute Gasteiger partial charge is 0.129 e. The topological polar surface area (TPSA) is 105 Å². The minimum Gasteiger partial charge on any atom is -0.388 e. The number of hydrogen-bond donors (Lipinski definition) is 5. The average molecular weight is 664 g/mol. The van der Waals surface area contributed by atoms with Crippen molar-refractivity contribution in [2.45, 2.75) is 179 Å². The number of allylic oxidation sites excluding steroid dienone is 1. The molecule has 0 spiro atoms. The molecular formula is C39H69NO5S. The van der Waals surface area contributed by atoms with Gasteiger partial charge in [-0.25, -0.2) is 0 Å². The fraction of sp³-hybridized carbons (Fsp3) is 0.949. The number of rotatable bonds is 14. The lowest BCUT2D eigenvalue weighted by atomic mass is 9.47. The number of aliphatic hydroxyl groups is 3. The quantitative estimate of drug-likeness (QED) is 0.0753. The van der Waals surface area contributed by atoms with Gasteiger partial charge in [0.15, 0.2) is 0 Å². The summed E-state index contributed by atoms with van der Waals surface area (Å²) >= 11 is 4.17.